The van der Waals surface area contributed by atoms with Gasteiger partial charge in [-0.1, -0.05) is 77.5 Å². The highest BCUT2D eigenvalue weighted by molar-refractivity contribution is 5.82. The summed E-state index contributed by atoms with van der Waals surface area (Å²) in [5, 5.41) is 0. The molecule has 2 aromatic rings. The van der Waals surface area contributed by atoms with E-state index < -0.39 is 0 Å². The monoisotopic (exact) mass is 449 g/mol. The number of rotatable bonds is 7. The van der Waals surface area contributed by atoms with Crippen molar-refractivity contribution in [1.29, 1.82) is 0 Å². The predicted molar refractivity (Wildman–Crippen MR) is 145 cm³/mol. The number of benzene rings is 1. The van der Waals surface area contributed by atoms with Crippen molar-refractivity contribution in [3.8, 4) is 0 Å². The number of carbonyl (C=O) groups excluding carboxylic acids is 1. The van der Waals surface area contributed by atoms with E-state index in [1.54, 1.807) is 0 Å². The Kier molecular flexibility index (Phi) is 7.22. The summed E-state index contributed by atoms with van der Waals surface area (Å²) in [7, 11) is 0. The van der Waals surface area contributed by atoms with E-state index in [4.69, 9.17) is 4.98 Å². The van der Waals surface area contributed by atoms with Crippen LogP contribution in [0.15, 0.2) is 42.6 Å². The highest BCUT2D eigenvalue weighted by Crippen LogP contribution is 2.41. The first-order valence-corrected chi connectivity index (χ1v) is 13.0. The zero-order chi connectivity index (χ0) is 23.6. The molecular formula is C31H47NO. The second-order valence-electron chi connectivity index (χ2n) is 11.8. The van der Waals surface area contributed by atoms with Crippen molar-refractivity contribution in [3.05, 3.63) is 70.6 Å². The van der Waals surface area contributed by atoms with Gasteiger partial charge in [0.05, 0.1) is 5.69 Å². The fraction of sp³-hybridized carbons (Fsp3) is 0.548. The molecule has 1 aromatic heterocycles. The summed E-state index contributed by atoms with van der Waals surface area (Å²) < 4.78 is 0. The first kappa shape index (κ1) is 23.9. The van der Waals surface area contributed by atoms with Crippen LogP contribution >= 0.6 is 0 Å². The summed E-state index contributed by atoms with van der Waals surface area (Å²) in [5.74, 6) is 1.95. The lowest BCUT2D eigenvalue weighted by Crippen LogP contribution is -2.33. The maximum atomic E-state index is 13.7. The minimum atomic E-state index is -0.0398. The molecule has 1 fully saturated rings. The normalized spacial score (nSPS) is 21.3. The van der Waals surface area contributed by atoms with Crippen LogP contribution in [0.4, 0.5) is 0 Å². The number of nitrogens with zero attached hydrogens (tertiary/aromatic N) is 1. The van der Waals surface area contributed by atoms with E-state index in [9.17, 15) is 4.79 Å². The molecule has 0 saturated heterocycles. The summed E-state index contributed by atoms with van der Waals surface area (Å²) >= 11 is 0. The Balaban J connectivity index is 0.00000216. The molecule has 182 valence electrons. The molecule has 0 bridgehead atoms. The van der Waals surface area contributed by atoms with Gasteiger partial charge in [0.15, 0.2) is 0 Å². The van der Waals surface area contributed by atoms with Crippen molar-refractivity contribution >= 4 is 11.9 Å². The molecule has 1 heterocycles. The fourth-order valence-electron chi connectivity index (χ4n) is 6.09. The highest BCUT2D eigenvalue weighted by Gasteiger charge is 2.35. The maximum absolute atomic E-state index is 13.7. The Bertz CT molecular complexity index is 1020. The standard InChI is InChI=1S/C31H41NO.3H2/c1-21(2)26-14-7-6-11-24(26)20-28(31(3,4)5)29(33)19-22-10-8-13-25(18-22)30-27-15-9-12-23(27)16-17-32-30;;;/h6-7,9,11,14-17,21-22,25,28H,8,10,12-13,18-20H2,1-5H3;3*1H/t22-,25?,28+;;;/m1.../s1. The molecule has 0 amide bonds. The number of hydrogen-bond donors (Lipinski definition) is 0. The number of Topliss-reactive ketones (excluding diaryl/α,β-unsaturated/α-hetero) is 1. The Morgan fingerprint density at radius 2 is 1.94 bits per heavy atom. The van der Waals surface area contributed by atoms with Gasteiger partial charge in [0.2, 0.25) is 0 Å². The Labute approximate surface area is 205 Å². The van der Waals surface area contributed by atoms with Gasteiger partial charge in [0, 0.05) is 28.7 Å². The van der Waals surface area contributed by atoms with Crippen LogP contribution in [-0.2, 0) is 17.6 Å². The van der Waals surface area contributed by atoms with Gasteiger partial charge in [-0.25, -0.2) is 0 Å². The molecule has 2 heteroatoms. The Morgan fingerprint density at radius 1 is 1.15 bits per heavy atom. The average Bonchev–Trinajstić information content (AvgIpc) is 3.26. The fourth-order valence-corrected chi connectivity index (χ4v) is 6.09. The number of aromatic nitrogens is 1. The van der Waals surface area contributed by atoms with Crippen LogP contribution in [0.3, 0.4) is 0 Å². The molecule has 33 heavy (non-hydrogen) atoms. The van der Waals surface area contributed by atoms with E-state index >= 15 is 0 Å². The molecule has 2 aliphatic rings. The smallest absolute Gasteiger partial charge is 0.137 e. The van der Waals surface area contributed by atoms with E-state index in [1.807, 2.05) is 6.20 Å². The first-order chi connectivity index (χ1) is 15.7. The van der Waals surface area contributed by atoms with Gasteiger partial charge in [-0.15, -0.1) is 0 Å². The molecule has 1 unspecified atom stereocenters. The number of ketones is 1. The van der Waals surface area contributed by atoms with Crippen molar-refractivity contribution in [1.82, 2.24) is 4.98 Å². The van der Waals surface area contributed by atoms with Crippen LogP contribution in [-0.4, -0.2) is 10.8 Å². The summed E-state index contributed by atoms with van der Waals surface area (Å²) in [5.41, 5.74) is 6.73. The maximum Gasteiger partial charge on any atom is 0.137 e. The van der Waals surface area contributed by atoms with E-state index in [2.05, 4.69) is 77.1 Å². The molecule has 0 N–H and O–H groups in total. The van der Waals surface area contributed by atoms with Gasteiger partial charge in [0.1, 0.15) is 5.78 Å². The van der Waals surface area contributed by atoms with Crippen LogP contribution in [0, 0.1) is 17.3 Å². The van der Waals surface area contributed by atoms with Crippen LogP contribution in [0.5, 0.6) is 0 Å². The number of allylic oxidation sites excluding steroid dienone is 1. The minimum Gasteiger partial charge on any atom is -0.299 e. The predicted octanol–water partition coefficient (Wildman–Crippen LogP) is 8.65. The number of pyridine rings is 1. The van der Waals surface area contributed by atoms with Gasteiger partial charge in [-0.05, 0) is 77.7 Å². The molecule has 2 nitrogen and oxygen atoms in total. The van der Waals surface area contributed by atoms with Crippen molar-refractivity contribution in [2.45, 2.75) is 91.4 Å². The van der Waals surface area contributed by atoms with Crippen molar-refractivity contribution in [2.24, 2.45) is 17.3 Å². The second-order valence-corrected chi connectivity index (χ2v) is 11.8. The SMILES string of the molecule is CC(C)c1ccccc1C[C@@H](C(=O)C[C@@H]1CCCC(c2nccc3c2C=CC3)C1)C(C)(C)C.[HH].[HH].[HH]. The van der Waals surface area contributed by atoms with Gasteiger partial charge in [-0.2, -0.15) is 0 Å². The van der Waals surface area contributed by atoms with Crippen molar-refractivity contribution in [3.63, 3.8) is 0 Å². The Morgan fingerprint density at radius 3 is 2.70 bits per heavy atom. The highest BCUT2D eigenvalue weighted by atomic mass is 16.1. The third-order valence-electron chi connectivity index (χ3n) is 7.93. The molecular weight excluding hydrogens is 402 g/mol. The molecule has 1 aromatic carbocycles. The van der Waals surface area contributed by atoms with E-state index in [0.717, 1.165) is 19.3 Å². The zero-order valence-corrected chi connectivity index (χ0v) is 21.2. The van der Waals surface area contributed by atoms with E-state index in [0.29, 0.717) is 30.0 Å². The van der Waals surface area contributed by atoms with E-state index in [1.165, 1.54) is 47.2 Å². The minimum absolute atomic E-state index is 0. The van der Waals surface area contributed by atoms with Gasteiger partial charge >= 0.3 is 0 Å². The molecule has 1 saturated carbocycles. The first-order valence-electron chi connectivity index (χ1n) is 13.0. The van der Waals surface area contributed by atoms with Crippen LogP contribution in [0.25, 0.3) is 6.08 Å². The van der Waals surface area contributed by atoms with Crippen molar-refractivity contribution < 1.29 is 9.07 Å². The van der Waals surface area contributed by atoms with Gasteiger partial charge in [-0.3, -0.25) is 9.78 Å². The van der Waals surface area contributed by atoms with Gasteiger partial charge in [0.25, 0.3) is 0 Å². The summed E-state index contributed by atoms with van der Waals surface area (Å²) in [6.45, 7) is 11.2. The van der Waals surface area contributed by atoms with Crippen molar-refractivity contribution in [2.75, 3.05) is 0 Å². The van der Waals surface area contributed by atoms with E-state index in [-0.39, 0.29) is 15.6 Å². The summed E-state index contributed by atoms with van der Waals surface area (Å²) in [6, 6.07) is 10.9. The lowest BCUT2D eigenvalue weighted by atomic mass is 9.70. The lowest BCUT2D eigenvalue weighted by Gasteiger charge is -2.34. The molecule has 4 rings (SSSR count). The average molecular weight is 450 g/mol. The summed E-state index contributed by atoms with van der Waals surface area (Å²) in [4.78, 5) is 18.6. The lowest BCUT2D eigenvalue weighted by molar-refractivity contribution is -0.127. The number of hydrogen-bond acceptors (Lipinski definition) is 2. The van der Waals surface area contributed by atoms with Crippen LogP contribution in [0.2, 0.25) is 0 Å². The van der Waals surface area contributed by atoms with Gasteiger partial charge < -0.3 is 0 Å². The second kappa shape index (κ2) is 9.95. The topological polar surface area (TPSA) is 30.0 Å². The van der Waals surface area contributed by atoms with Crippen LogP contribution < -0.4 is 0 Å². The number of carbonyl (C=O) groups is 1. The Hall–Kier alpha value is -2.22. The third-order valence-corrected chi connectivity index (χ3v) is 7.93. The molecule has 0 aliphatic heterocycles. The zero-order valence-electron chi connectivity index (χ0n) is 21.2. The summed E-state index contributed by atoms with van der Waals surface area (Å²) in [6.07, 6.45) is 13.8. The molecule has 2 aliphatic carbocycles. The quantitative estimate of drug-likeness (QED) is 0.423. The molecule has 0 spiro atoms. The largest absolute Gasteiger partial charge is 0.299 e. The molecule has 3 atom stereocenters. The van der Waals surface area contributed by atoms with Crippen LogP contribution in [0.1, 0.15) is 111 Å². The number of fused-ring (bicyclic) bond motifs is 1. The molecule has 0 radical (unpaired) electrons. The third kappa shape index (κ3) is 5.48.